The van der Waals surface area contributed by atoms with Crippen LogP contribution in [-0.4, -0.2) is 20.5 Å². The Hall–Kier alpha value is -2.65. The van der Waals surface area contributed by atoms with Gasteiger partial charge in [0, 0.05) is 11.3 Å². The molecular weight excluding hydrogens is 299 g/mol. The fourth-order valence-electron chi connectivity index (χ4n) is 2.06. The van der Waals surface area contributed by atoms with Crippen molar-refractivity contribution in [3.8, 4) is 23.1 Å². The van der Waals surface area contributed by atoms with E-state index < -0.39 is 0 Å². The maximum absolute atomic E-state index is 13.1. The predicted molar refractivity (Wildman–Crippen MR) is 83.1 cm³/mol. The molecule has 1 heterocycles. The third-order valence-electron chi connectivity index (χ3n) is 3.02. The summed E-state index contributed by atoms with van der Waals surface area (Å²) in [6, 6.07) is 17.8. The van der Waals surface area contributed by atoms with Crippen LogP contribution in [0.2, 0.25) is 0 Å². The average molecular weight is 310 g/mol. The third kappa shape index (κ3) is 2.85. The standard InChI is InChI=1S/C16H11FN4S/c17-13-8-6-12(7-9-13)15-19-20-16(22-11-10-18)21(15)14-4-2-1-3-5-14/h1-9H,11H2. The van der Waals surface area contributed by atoms with E-state index in [9.17, 15) is 4.39 Å². The summed E-state index contributed by atoms with van der Waals surface area (Å²) >= 11 is 1.31. The highest BCUT2D eigenvalue weighted by Gasteiger charge is 2.15. The van der Waals surface area contributed by atoms with E-state index in [1.807, 2.05) is 34.9 Å². The van der Waals surface area contributed by atoms with E-state index in [2.05, 4.69) is 16.3 Å². The summed E-state index contributed by atoms with van der Waals surface area (Å²) in [5.41, 5.74) is 1.66. The Balaban J connectivity index is 2.12. The molecule has 0 aliphatic rings. The van der Waals surface area contributed by atoms with Gasteiger partial charge in [-0.1, -0.05) is 30.0 Å². The summed E-state index contributed by atoms with van der Waals surface area (Å²) < 4.78 is 15.0. The topological polar surface area (TPSA) is 54.5 Å². The van der Waals surface area contributed by atoms with Crippen molar-refractivity contribution in [3.05, 3.63) is 60.4 Å². The summed E-state index contributed by atoms with van der Waals surface area (Å²) in [7, 11) is 0. The first-order valence-corrected chi connectivity index (χ1v) is 7.54. The number of rotatable bonds is 4. The number of aromatic nitrogens is 3. The molecule has 0 bridgehead atoms. The minimum atomic E-state index is -0.298. The van der Waals surface area contributed by atoms with Gasteiger partial charge in [-0.15, -0.1) is 10.2 Å². The minimum Gasteiger partial charge on any atom is -0.270 e. The van der Waals surface area contributed by atoms with E-state index in [1.54, 1.807) is 12.1 Å². The lowest BCUT2D eigenvalue weighted by molar-refractivity contribution is 0.628. The highest BCUT2D eigenvalue weighted by molar-refractivity contribution is 7.99. The molecule has 0 saturated heterocycles. The van der Waals surface area contributed by atoms with Crippen LogP contribution in [0.3, 0.4) is 0 Å². The van der Waals surface area contributed by atoms with Gasteiger partial charge in [-0.25, -0.2) is 4.39 Å². The number of thioether (sulfide) groups is 1. The van der Waals surface area contributed by atoms with E-state index in [0.717, 1.165) is 11.3 Å². The van der Waals surface area contributed by atoms with Crippen molar-refractivity contribution in [1.29, 1.82) is 5.26 Å². The average Bonchev–Trinajstić information content (AvgIpc) is 2.98. The van der Waals surface area contributed by atoms with E-state index >= 15 is 0 Å². The summed E-state index contributed by atoms with van der Waals surface area (Å²) in [5.74, 6) is 0.606. The van der Waals surface area contributed by atoms with Crippen LogP contribution in [-0.2, 0) is 0 Å². The molecule has 4 nitrogen and oxygen atoms in total. The van der Waals surface area contributed by atoms with Crippen LogP contribution >= 0.6 is 11.8 Å². The van der Waals surface area contributed by atoms with Crippen molar-refractivity contribution in [2.24, 2.45) is 0 Å². The van der Waals surface area contributed by atoms with Gasteiger partial charge in [-0.05, 0) is 36.4 Å². The molecule has 3 rings (SSSR count). The molecule has 0 atom stereocenters. The molecule has 0 unspecified atom stereocenters. The number of nitrogens with zero attached hydrogens (tertiary/aromatic N) is 4. The second-order valence-electron chi connectivity index (χ2n) is 4.43. The van der Waals surface area contributed by atoms with Crippen molar-refractivity contribution in [2.45, 2.75) is 5.16 Å². The van der Waals surface area contributed by atoms with Crippen LogP contribution in [0.4, 0.5) is 4.39 Å². The molecule has 0 saturated carbocycles. The molecule has 0 spiro atoms. The number of benzene rings is 2. The zero-order valence-electron chi connectivity index (χ0n) is 11.5. The van der Waals surface area contributed by atoms with Gasteiger partial charge in [-0.2, -0.15) is 5.26 Å². The zero-order valence-corrected chi connectivity index (χ0v) is 12.3. The third-order valence-corrected chi connectivity index (χ3v) is 3.81. The molecule has 0 aliphatic heterocycles. The van der Waals surface area contributed by atoms with E-state index in [1.165, 1.54) is 23.9 Å². The zero-order chi connectivity index (χ0) is 15.4. The minimum absolute atomic E-state index is 0.286. The van der Waals surface area contributed by atoms with E-state index in [0.29, 0.717) is 11.0 Å². The summed E-state index contributed by atoms with van der Waals surface area (Å²) in [6.45, 7) is 0. The first-order valence-electron chi connectivity index (χ1n) is 6.56. The van der Waals surface area contributed by atoms with Gasteiger partial charge in [0.25, 0.3) is 0 Å². The SMILES string of the molecule is N#CCSc1nnc(-c2ccc(F)cc2)n1-c1ccccc1. The van der Waals surface area contributed by atoms with Gasteiger partial charge < -0.3 is 0 Å². The van der Waals surface area contributed by atoms with Crippen LogP contribution in [0.1, 0.15) is 0 Å². The number of hydrogen-bond donors (Lipinski definition) is 0. The molecular formula is C16H11FN4S. The Kier molecular flexibility index (Phi) is 4.17. The van der Waals surface area contributed by atoms with Gasteiger partial charge in [0.15, 0.2) is 11.0 Å². The second-order valence-corrected chi connectivity index (χ2v) is 5.37. The number of hydrogen-bond acceptors (Lipinski definition) is 4. The van der Waals surface area contributed by atoms with Crippen LogP contribution in [0.25, 0.3) is 17.1 Å². The number of para-hydroxylation sites is 1. The maximum atomic E-state index is 13.1. The fourth-order valence-corrected chi connectivity index (χ4v) is 2.67. The van der Waals surface area contributed by atoms with Crippen molar-refractivity contribution in [2.75, 3.05) is 5.75 Å². The lowest BCUT2D eigenvalue weighted by atomic mass is 10.2. The molecule has 0 amide bonds. The molecule has 0 aliphatic carbocycles. The Morgan fingerprint density at radius 2 is 1.77 bits per heavy atom. The lowest BCUT2D eigenvalue weighted by Gasteiger charge is -2.09. The van der Waals surface area contributed by atoms with Gasteiger partial charge in [0.2, 0.25) is 0 Å². The van der Waals surface area contributed by atoms with Crippen molar-refractivity contribution in [1.82, 2.24) is 14.8 Å². The van der Waals surface area contributed by atoms with Crippen LogP contribution < -0.4 is 0 Å². The first kappa shape index (κ1) is 14.3. The molecule has 6 heteroatoms. The van der Waals surface area contributed by atoms with Gasteiger partial charge >= 0.3 is 0 Å². The molecule has 2 aromatic carbocycles. The van der Waals surface area contributed by atoms with Gasteiger partial charge in [0.1, 0.15) is 5.82 Å². The highest BCUT2D eigenvalue weighted by atomic mass is 32.2. The van der Waals surface area contributed by atoms with Crippen molar-refractivity contribution >= 4 is 11.8 Å². The summed E-state index contributed by atoms with van der Waals surface area (Å²) in [6.07, 6.45) is 0. The predicted octanol–water partition coefficient (Wildman–Crippen LogP) is 3.69. The van der Waals surface area contributed by atoms with Crippen molar-refractivity contribution in [3.63, 3.8) is 0 Å². The summed E-state index contributed by atoms with van der Waals surface area (Å²) in [5, 5.41) is 17.8. The first-order chi connectivity index (χ1) is 10.8. The normalized spacial score (nSPS) is 10.4. The molecule has 22 heavy (non-hydrogen) atoms. The molecule has 108 valence electrons. The molecule has 0 radical (unpaired) electrons. The van der Waals surface area contributed by atoms with E-state index in [4.69, 9.17) is 5.26 Å². The van der Waals surface area contributed by atoms with Crippen molar-refractivity contribution < 1.29 is 4.39 Å². The Bertz CT molecular complexity index is 806. The van der Waals surface area contributed by atoms with Crippen LogP contribution in [0.5, 0.6) is 0 Å². The van der Waals surface area contributed by atoms with E-state index in [-0.39, 0.29) is 11.6 Å². The smallest absolute Gasteiger partial charge is 0.197 e. The second kappa shape index (κ2) is 6.41. The molecule has 3 aromatic rings. The molecule has 1 aromatic heterocycles. The largest absolute Gasteiger partial charge is 0.270 e. The highest BCUT2D eigenvalue weighted by Crippen LogP contribution is 2.27. The molecule has 0 N–H and O–H groups in total. The maximum Gasteiger partial charge on any atom is 0.197 e. The number of nitriles is 1. The number of halogens is 1. The van der Waals surface area contributed by atoms with Gasteiger partial charge in [-0.3, -0.25) is 4.57 Å². The monoisotopic (exact) mass is 310 g/mol. The van der Waals surface area contributed by atoms with Crippen LogP contribution in [0.15, 0.2) is 59.8 Å². The Morgan fingerprint density at radius 1 is 1.05 bits per heavy atom. The summed E-state index contributed by atoms with van der Waals surface area (Å²) in [4.78, 5) is 0. The quantitative estimate of drug-likeness (QED) is 0.690. The lowest BCUT2D eigenvalue weighted by Crippen LogP contribution is -1.99. The molecule has 0 fully saturated rings. The van der Waals surface area contributed by atoms with Crippen LogP contribution in [0, 0.1) is 17.1 Å². The fraction of sp³-hybridized carbons (Fsp3) is 0.0625. The Labute approximate surface area is 131 Å². The Morgan fingerprint density at radius 3 is 2.45 bits per heavy atom. The van der Waals surface area contributed by atoms with Gasteiger partial charge in [0.05, 0.1) is 11.8 Å².